The molecule has 3 rings (SSSR count). The molecule has 0 fully saturated rings. The minimum Gasteiger partial charge on any atom is -0.295 e. The van der Waals surface area contributed by atoms with Crippen LogP contribution in [0.3, 0.4) is 0 Å². The van der Waals surface area contributed by atoms with E-state index in [9.17, 15) is 0 Å². The SMILES string of the molecule is Cc1cc(Cl)c(-n2c(CCCl)nc3ccccc32)cc1Cl. The third kappa shape index (κ3) is 2.64. The summed E-state index contributed by atoms with van der Waals surface area (Å²) in [6.07, 6.45) is 0.665. The molecule has 0 bridgehead atoms. The first kappa shape index (κ1) is 14.7. The van der Waals surface area contributed by atoms with E-state index in [1.165, 1.54) is 0 Å². The molecule has 0 atom stereocenters. The van der Waals surface area contributed by atoms with E-state index in [4.69, 9.17) is 34.8 Å². The number of benzene rings is 2. The van der Waals surface area contributed by atoms with Gasteiger partial charge in [0.1, 0.15) is 5.82 Å². The first-order chi connectivity index (χ1) is 10.1. The van der Waals surface area contributed by atoms with E-state index in [1.54, 1.807) is 0 Å². The predicted octanol–water partition coefficient (Wildman–Crippen LogP) is 5.42. The highest BCUT2D eigenvalue weighted by atomic mass is 35.5. The fourth-order valence-electron chi connectivity index (χ4n) is 2.40. The molecule has 0 saturated carbocycles. The maximum atomic E-state index is 6.43. The molecule has 108 valence electrons. The molecule has 0 aliphatic carbocycles. The number of imidazole rings is 1. The third-order valence-corrected chi connectivity index (χ3v) is 4.32. The Morgan fingerprint density at radius 2 is 1.86 bits per heavy atom. The molecule has 0 unspecified atom stereocenters. The van der Waals surface area contributed by atoms with Gasteiger partial charge in [0.05, 0.1) is 21.7 Å². The smallest absolute Gasteiger partial charge is 0.115 e. The van der Waals surface area contributed by atoms with Crippen LogP contribution < -0.4 is 0 Å². The summed E-state index contributed by atoms with van der Waals surface area (Å²) < 4.78 is 2.03. The highest BCUT2D eigenvalue weighted by Gasteiger charge is 2.15. The standard InChI is InChI=1S/C16H13Cl3N2/c1-10-8-12(19)15(9-11(10)18)21-14-5-3-2-4-13(14)20-16(21)6-7-17/h2-5,8-9H,6-7H2,1H3. The molecule has 0 aliphatic rings. The minimum atomic E-state index is 0.501. The Bertz CT molecular complexity index is 809. The zero-order valence-corrected chi connectivity index (χ0v) is 13.7. The van der Waals surface area contributed by atoms with Gasteiger partial charge in [-0.2, -0.15) is 0 Å². The summed E-state index contributed by atoms with van der Waals surface area (Å²) in [6.45, 7) is 1.93. The Labute approximate surface area is 138 Å². The van der Waals surface area contributed by atoms with Crippen LogP contribution in [0, 0.1) is 6.92 Å². The number of aryl methyl sites for hydroxylation is 2. The molecule has 0 saturated heterocycles. The van der Waals surface area contributed by atoms with Crippen molar-refractivity contribution in [2.75, 3.05) is 5.88 Å². The van der Waals surface area contributed by atoms with Crippen molar-refractivity contribution in [1.29, 1.82) is 0 Å². The van der Waals surface area contributed by atoms with Gasteiger partial charge in [0.15, 0.2) is 0 Å². The molecule has 2 aromatic carbocycles. The van der Waals surface area contributed by atoms with Gasteiger partial charge in [-0.1, -0.05) is 35.3 Å². The quantitative estimate of drug-likeness (QED) is 0.582. The van der Waals surface area contributed by atoms with Crippen LogP contribution in [0.4, 0.5) is 0 Å². The molecular weight excluding hydrogens is 327 g/mol. The predicted molar refractivity (Wildman–Crippen MR) is 90.3 cm³/mol. The lowest BCUT2D eigenvalue weighted by Gasteiger charge is -2.12. The van der Waals surface area contributed by atoms with Gasteiger partial charge >= 0.3 is 0 Å². The van der Waals surface area contributed by atoms with Gasteiger partial charge in [-0.3, -0.25) is 4.57 Å². The first-order valence-corrected chi connectivity index (χ1v) is 7.89. The zero-order chi connectivity index (χ0) is 15.0. The average Bonchev–Trinajstić information content (AvgIpc) is 2.81. The van der Waals surface area contributed by atoms with Crippen LogP contribution in [0.2, 0.25) is 10.0 Å². The van der Waals surface area contributed by atoms with Gasteiger partial charge in [0.25, 0.3) is 0 Å². The average molecular weight is 340 g/mol. The van der Waals surface area contributed by atoms with E-state index in [0.29, 0.717) is 22.3 Å². The van der Waals surface area contributed by atoms with Crippen LogP contribution in [0.15, 0.2) is 36.4 Å². The topological polar surface area (TPSA) is 17.8 Å². The van der Waals surface area contributed by atoms with Crippen molar-refractivity contribution < 1.29 is 0 Å². The van der Waals surface area contributed by atoms with Crippen LogP contribution in [-0.2, 0) is 6.42 Å². The molecule has 21 heavy (non-hydrogen) atoms. The highest BCUT2D eigenvalue weighted by Crippen LogP contribution is 2.31. The molecule has 1 heterocycles. The van der Waals surface area contributed by atoms with Crippen LogP contribution in [0.25, 0.3) is 16.7 Å². The maximum absolute atomic E-state index is 6.43. The second kappa shape index (κ2) is 5.88. The van der Waals surface area contributed by atoms with E-state index in [-0.39, 0.29) is 0 Å². The molecule has 0 spiro atoms. The number of nitrogens with zero attached hydrogens (tertiary/aromatic N) is 2. The fourth-order valence-corrected chi connectivity index (χ4v) is 3.03. The van der Waals surface area contributed by atoms with Crippen molar-refractivity contribution in [1.82, 2.24) is 9.55 Å². The van der Waals surface area contributed by atoms with Gasteiger partial charge in [0.2, 0.25) is 0 Å². The number of aromatic nitrogens is 2. The largest absolute Gasteiger partial charge is 0.295 e. The second-order valence-electron chi connectivity index (χ2n) is 4.84. The van der Waals surface area contributed by atoms with Crippen molar-refractivity contribution in [2.45, 2.75) is 13.3 Å². The molecule has 0 amide bonds. The molecule has 5 heteroatoms. The van der Waals surface area contributed by atoms with Crippen molar-refractivity contribution in [3.8, 4) is 5.69 Å². The zero-order valence-electron chi connectivity index (χ0n) is 11.4. The molecular formula is C16H13Cl3N2. The summed E-state index contributed by atoms with van der Waals surface area (Å²) in [6, 6.07) is 11.7. The normalized spacial score (nSPS) is 11.2. The lowest BCUT2D eigenvalue weighted by molar-refractivity contribution is 0.912. The van der Waals surface area contributed by atoms with Crippen LogP contribution >= 0.6 is 34.8 Å². The summed E-state index contributed by atoms with van der Waals surface area (Å²) in [5.41, 5.74) is 3.71. The Hall–Kier alpha value is -1.22. The van der Waals surface area contributed by atoms with E-state index in [0.717, 1.165) is 28.1 Å². The molecule has 0 aliphatic heterocycles. The third-order valence-electron chi connectivity index (χ3n) is 3.42. The Morgan fingerprint density at radius 1 is 1.10 bits per heavy atom. The summed E-state index contributed by atoms with van der Waals surface area (Å²) in [5.74, 6) is 1.38. The van der Waals surface area contributed by atoms with Crippen molar-refractivity contribution >= 4 is 45.8 Å². The minimum absolute atomic E-state index is 0.501. The molecule has 1 aromatic heterocycles. The molecule has 0 N–H and O–H groups in total. The lowest BCUT2D eigenvalue weighted by atomic mass is 10.2. The molecule has 3 aromatic rings. The number of fused-ring (bicyclic) bond motifs is 1. The maximum Gasteiger partial charge on any atom is 0.115 e. The van der Waals surface area contributed by atoms with Crippen molar-refractivity contribution in [2.24, 2.45) is 0 Å². The van der Waals surface area contributed by atoms with Gasteiger partial charge in [0, 0.05) is 17.3 Å². The highest BCUT2D eigenvalue weighted by molar-refractivity contribution is 6.35. The summed E-state index contributed by atoms with van der Waals surface area (Å²) >= 11 is 18.6. The fraction of sp³-hybridized carbons (Fsp3) is 0.188. The van der Waals surface area contributed by atoms with Crippen molar-refractivity contribution in [3.05, 3.63) is 57.8 Å². The molecule has 0 radical (unpaired) electrons. The van der Waals surface area contributed by atoms with Gasteiger partial charge < -0.3 is 0 Å². The monoisotopic (exact) mass is 338 g/mol. The van der Waals surface area contributed by atoms with Crippen LogP contribution in [0.5, 0.6) is 0 Å². The second-order valence-corrected chi connectivity index (χ2v) is 6.04. The summed E-state index contributed by atoms with van der Waals surface area (Å²) in [4.78, 5) is 4.65. The Kier molecular flexibility index (Phi) is 4.12. The summed E-state index contributed by atoms with van der Waals surface area (Å²) in [5, 5.41) is 1.33. The van der Waals surface area contributed by atoms with E-state index < -0.39 is 0 Å². The Balaban J connectivity index is 2.32. The number of para-hydroxylation sites is 2. The number of hydrogen-bond acceptors (Lipinski definition) is 1. The first-order valence-electron chi connectivity index (χ1n) is 6.60. The van der Waals surface area contributed by atoms with Crippen LogP contribution in [-0.4, -0.2) is 15.4 Å². The lowest BCUT2D eigenvalue weighted by Crippen LogP contribution is -2.03. The van der Waals surface area contributed by atoms with E-state index in [1.807, 2.05) is 47.9 Å². The number of alkyl halides is 1. The Morgan fingerprint density at radius 3 is 2.62 bits per heavy atom. The number of hydrogen-bond donors (Lipinski definition) is 0. The van der Waals surface area contributed by atoms with Crippen LogP contribution in [0.1, 0.15) is 11.4 Å². The van der Waals surface area contributed by atoms with Gasteiger partial charge in [-0.05, 0) is 36.8 Å². The summed E-state index contributed by atoms with van der Waals surface area (Å²) in [7, 11) is 0. The van der Waals surface area contributed by atoms with E-state index in [2.05, 4.69) is 4.98 Å². The van der Waals surface area contributed by atoms with E-state index >= 15 is 0 Å². The number of halogens is 3. The number of rotatable bonds is 3. The van der Waals surface area contributed by atoms with Crippen molar-refractivity contribution in [3.63, 3.8) is 0 Å². The van der Waals surface area contributed by atoms with Gasteiger partial charge in [-0.25, -0.2) is 4.98 Å². The van der Waals surface area contributed by atoms with Gasteiger partial charge in [-0.15, -0.1) is 11.6 Å². The molecule has 2 nitrogen and oxygen atoms in total.